The quantitative estimate of drug-likeness (QED) is 0.816. The molecule has 0 aromatic heterocycles. The summed E-state index contributed by atoms with van der Waals surface area (Å²) in [5.41, 5.74) is 3.24. The number of rotatable bonds is 6. The molecule has 5 nitrogen and oxygen atoms in total. The highest BCUT2D eigenvalue weighted by atomic mass is 32.2. The van der Waals surface area contributed by atoms with E-state index in [-0.39, 0.29) is 9.79 Å². The Labute approximate surface area is 155 Å². The first kappa shape index (κ1) is 18.9. The number of sulfone groups is 2. The zero-order valence-corrected chi connectivity index (χ0v) is 16.5. The van der Waals surface area contributed by atoms with E-state index >= 15 is 0 Å². The monoisotopic (exact) mass is 393 g/mol. The van der Waals surface area contributed by atoms with Gasteiger partial charge in [-0.15, -0.1) is 0 Å². The topological polar surface area (TPSA) is 80.3 Å². The van der Waals surface area contributed by atoms with E-state index in [1.807, 2.05) is 0 Å². The van der Waals surface area contributed by atoms with Crippen LogP contribution in [0.4, 0.5) is 5.69 Å². The third-order valence-corrected chi connectivity index (χ3v) is 7.03. The van der Waals surface area contributed by atoms with Crippen molar-refractivity contribution in [3.05, 3.63) is 53.6 Å². The van der Waals surface area contributed by atoms with Crippen molar-refractivity contribution in [3.8, 4) is 0 Å². The molecule has 3 rings (SSSR count). The molecular weight excluding hydrogens is 370 g/mol. The van der Waals surface area contributed by atoms with Gasteiger partial charge < -0.3 is 5.32 Å². The lowest BCUT2D eigenvalue weighted by Gasteiger charge is -2.14. The van der Waals surface area contributed by atoms with Crippen LogP contribution in [-0.2, 0) is 32.5 Å². The summed E-state index contributed by atoms with van der Waals surface area (Å²) in [4.78, 5) is 0.0323. The van der Waals surface area contributed by atoms with Crippen molar-refractivity contribution >= 4 is 25.4 Å². The molecule has 0 spiro atoms. The Kier molecular flexibility index (Phi) is 5.12. The van der Waals surface area contributed by atoms with Gasteiger partial charge in [0.2, 0.25) is 0 Å². The second-order valence-corrected chi connectivity index (χ2v) is 11.0. The van der Waals surface area contributed by atoms with Gasteiger partial charge in [0.05, 0.1) is 15.5 Å². The average Bonchev–Trinajstić information content (AvgIpc) is 2.95. The van der Waals surface area contributed by atoms with Gasteiger partial charge in [0.15, 0.2) is 19.7 Å². The van der Waals surface area contributed by atoms with E-state index in [4.69, 9.17) is 0 Å². The Hall–Kier alpha value is -1.86. The fraction of sp³-hybridized carbons (Fsp3) is 0.368. The normalized spacial score (nSPS) is 15.0. The van der Waals surface area contributed by atoms with Crippen LogP contribution in [0, 0.1) is 5.92 Å². The summed E-state index contributed by atoms with van der Waals surface area (Å²) in [7, 11) is -7.00. The SMILES string of the molecule is CS(=O)(=O)c1ccc(NCCC2Cc3ccccc3C2)c(S(C)(=O)=O)c1. The van der Waals surface area contributed by atoms with Gasteiger partial charge >= 0.3 is 0 Å². The van der Waals surface area contributed by atoms with Crippen LogP contribution in [0.15, 0.2) is 52.3 Å². The summed E-state index contributed by atoms with van der Waals surface area (Å²) < 4.78 is 47.5. The molecule has 140 valence electrons. The zero-order chi connectivity index (χ0) is 18.9. The predicted octanol–water partition coefficient (Wildman–Crippen LogP) is 2.71. The van der Waals surface area contributed by atoms with Crippen LogP contribution in [0.2, 0.25) is 0 Å². The summed E-state index contributed by atoms with van der Waals surface area (Å²) in [5, 5.41) is 3.18. The Bertz CT molecular complexity index is 1000. The van der Waals surface area contributed by atoms with E-state index < -0.39 is 19.7 Å². The lowest BCUT2D eigenvalue weighted by atomic mass is 10.0. The van der Waals surface area contributed by atoms with E-state index in [1.54, 1.807) is 0 Å². The Morgan fingerprint density at radius 2 is 1.54 bits per heavy atom. The molecule has 2 aromatic carbocycles. The Morgan fingerprint density at radius 3 is 2.08 bits per heavy atom. The molecule has 0 bridgehead atoms. The molecule has 0 fully saturated rings. The van der Waals surface area contributed by atoms with E-state index in [9.17, 15) is 16.8 Å². The summed E-state index contributed by atoms with van der Waals surface area (Å²) in [6.07, 6.45) is 5.17. The molecule has 0 heterocycles. The van der Waals surface area contributed by atoms with Crippen molar-refractivity contribution in [1.29, 1.82) is 0 Å². The molecule has 0 unspecified atom stereocenters. The Morgan fingerprint density at radius 1 is 0.923 bits per heavy atom. The minimum atomic E-state index is -3.54. The number of benzene rings is 2. The molecule has 1 aliphatic rings. The highest BCUT2D eigenvalue weighted by Gasteiger charge is 2.21. The first-order valence-electron chi connectivity index (χ1n) is 8.49. The largest absolute Gasteiger partial charge is 0.384 e. The van der Waals surface area contributed by atoms with Crippen molar-refractivity contribution in [2.45, 2.75) is 29.1 Å². The first-order chi connectivity index (χ1) is 12.1. The lowest BCUT2D eigenvalue weighted by Crippen LogP contribution is -2.12. The summed E-state index contributed by atoms with van der Waals surface area (Å²) >= 11 is 0. The van der Waals surface area contributed by atoms with Gasteiger partial charge in [0, 0.05) is 19.1 Å². The van der Waals surface area contributed by atoms with E-state index in [0.29, 0.717) is 18.2 Å². The standard InChI is InChI=1S/C19H23NO4S2/c1-25(21,22)17-7-8-18(19(13-17)26(2,23)24)20-10-9-14-11-15-5-3-4-6-16(15)12-14/h3-8,13-14,20H,9-12H2,1-2H3. The molecule has 1 N–H and O–H groups in total. The molecule has 7 heteroatoms. The van der Waals surface area contributed by atoms with Crippen molar-refractivity contribution in [3.63, 3.8) is 0 Å². The third kappa shape index (κ3) is 4.27. The van der Waals surface area contributed by atoms with E-state index in [2.05, 4.69) is 29.6 Å². The molecule has 1 aliphatic carbocycles. The van der Waals surface area contributed by atoms with Crippen LogP contribution in [0.1, 0.15) is 17.5 Å². The first-order valence-corrected chi connectivity index (χ1v) is 12.3. The van der Waals surface area contributed by atoms with Gasteiger partial charge in [-0.25, -0.2) is 16.8 Å². The lowest BCUT2D eigenvalue weighted by molar-refractivity contribution is 0.529. The zero-order valence-electron chi connectivity index (χ0n) is 14.9. The second kappa shape index (κ2) is 7.04. The van der Waals surface area contributed by atoms with Crippen molar-refractivity contribution in [2.75, 3.05) is 24.4 Å². The van der Waals surface area contributed by atoms with Crippen LogP contribution in [0.3, 0.4) is 0 Å². The maximum absolute atomic E-state index is 12.1. The molecule has 0 saturated heterocycles. The number of hydrogen-bond acceptors (Lipinski definition) is 5. The number of hydrogen-bond donors (Lipinski definition) is 1. The van der Waals surface area contributed by atoms with Crippen LogP contribution >= 0.6 is 0 Å². The molecule has 0 atom stereocenters. The highest BCUT2D eigenvalue weighted by molar-refractivity contribution is 7.91. The fourth-order valence-electron chi connectivity index (χ4n) is 3.45. The number of anilines is 1. The van der Waals surface area contributed by atoms with E-state index in [1.165, 1.54) is 29.3 Å². The summed E-state index contributed by atoms with van der Waals surface area (Å²) in [6, 6.07) is 12.7. The number of fused-ring (bicyclic) bond motifs is 1. The molecule has 0 saturated carbocycles. The van der Waals surface area contributed by atoms with Gasteiger partial charge in [-0.1, -0.05) is 24.3 Å². The summed E-state index contributed by atoms with van der Waals surface area (Å²) in [5.74, 6) is 0.539. The fourth-order valence-corrected chi connectivity index (χ4v) is 5.05. The van der Waals surface area contributed by atoms with Gasteiger partial charge in [-0.2, -0.15) is 0 Å². The molecule has 0 amide bonds. The van der Waals surface area contributed by atoms with Gasteiger partial charge in [0.25, 0.3) is 0 Å². The molecular formula is C19H23NO4S2. The van der Waals surface area contributed by atoms with Crippen LogP contribution in [0.25, 0.3) is 0 Å². The van der Waals surface area contributed by atoms with Crippen molar-refractivity contribution < 1.29 is 16.8 Å². The van der Waals surface area contributed by atoms with Crippen LogP contribution in [0.5, 0.6) is 0 Å². The predicted molar refractivity (Wildman–Crippen MR) is 103 cm³/mol. The summed E-state index contributed by atoms with van der Waals surface area (Å²) in [6.45, 7) is 0.638. The van der Waals surface area contributed by atoms with Crippen molar-refractivity contribution in [1.82, 2.24) is 0 Å². The molecule has 26 heavy (non-hydrogen) atoms. The second-order valence-electron chi connectivity index (χ2n) is 6.96. The third-order valence-electron chi connectivity index (χ3n) is 4.78. The van der Waals surface area contributed by atoms with Crippen LogP contribution in [-0.4, -0.2) is 35.9 Å². The van der Waals surface area contributed by atoms with E-state index in [0.717, 1.165) is 31.8 Å². The minimum absolute atomic E-state index is 0.00900. The maximum atomic E-state index is 12.1. The smallest absolute Gasteiger partial charge is 0.177 e. The molecule has 0 aliphatic heterocycles. The van der Waals surface area contributed by atoms with Gasteiger partial charge in [0.1, 0.15) is 0 Å². The molecule has 0 radical (unpaired) electrons. The molecule has 2 aromatic rings. The minimum Gasteiger partial charge on any atom is -0.384 e. The average molecular weight is 394 g/mol. The van der Waals surface area contributed by atoms with Gasteiger partial charge in [-0.3, -0.25) is 0 Å². The Balaban J connectivity index is 1.70. The maximum Gasteiger partial charge on any atom is 0.177 e. The number of nitrogens with one attached hydrogen (secondary N) is 1. The van der Waals surface area contributed by atoms with Crippen molar-refractivity contribution in [2.24, 2.45) is 5.92 Å². The van der Waals surface area contributed by atoms with Gasteiger partial charge in [-0.05, 0) is 54.5 Å². The highest BCUT2D eigenvalue weighted by Crippen LogP contribution is 2.29. The van der Waals surface area contributed by atoms with Crippen LogP contribution < -0.4 is 5.32 Å².